The average molecular weight is 493 g/mol. The molecule has 0 radical (unpaired) electrons. The maximum atomic E-state index is 13.2. The number of methoxy groups -OCH3 is 1. The van der Waals surface area contributed by atoms with Gasteiger partial charge in [0.15, 0.2) is 0 Å². The number of amides is 1. The van der Waals surface area contributed by atoms with E-state index in [1.54, 1.807) is 30.3 Å². The molecule has 0 spiro atoms. The zero-order valence-corrected chi connectivity index (χ0v) is 19.5. The molecule has 0 aromatic heterocycles. The summed E-state index contributed by atoms with van der Waals surface area (Å²) in [6.07, 6.45) is 3.12. The van der Waals surface area contributed by atoms with Crippen molar-refractivity contribution in [3.8, 4) is 11.5 Å². The molecule has 2 aliphatic rings. The van der Waals surface area contributed by atoms with Crippen molar-refractivity contribution in [3.63, 3.8) is 0 Å². The number of piperidine rings is 1. The zero-order chi connectivity index (χ0) is 24.3. The summed E-state index contributed by atoms with van der Waals surface area (Å²) in [6, 6.07) is 11.6. The van der Waals surface area contributed by atoms with E-state index in [1.807, 2.05) is 6.07 Å². The summed E-state index contributed by atoms with van der Waals surface area (Å²) in [6.45, 7) is -2.41. The molecule has 1 N–H and O–H groups in total. The van der Waals surface area contributed by atoms with Crippen LogP contribution in [0.1, 0.15) is 30.4 Å². The van der Waals surface area contributed by atoms with Crippen molar-refractivity contribution in [2.24, 2.45) is 5.92 Å². The minimum Gasteiger partial charge on any atom is -0.495 e. The predicted molar refractivity (Wildman–Crippen MR) is 124 cm³/mol. The zero-order valence-electron chi connectivity index (χ0n) is 18.7. The molecule has 7 nitrogen and oxygen atoms in total. The van der Waals surface area contributed by atoms with Gasteiger partial charge in [0, 0.05) is 19.0 Å². The van der Waals surface area contributed by atoms with Crippen LogP contribution in [0.15, 0.2) is 47.4 Å². The standard InChI is InChI=1S/C24H26F2N2O5S/c1-32-22-5-3-2-4-21(22)27-23(29)16-10-12-28(13-11-16)34(30,31)20-9-7-17-14-19(33-24(25)26)8-6-18(17)15-20/h2-6,8,14-16,24H,7,9-13H2,1H3,(H,27,29). The molecule has 1 saturated heterocycles. The molecule has 182 valence electrons. The van der Waals surface area contributed by atoms with Crippen molar-refractivity contribution in [3.05, 3.63) is 58.5 Å². The number of anilines is 1. The first-order chi connectivity index (χ1) is 16.3. The highest BCUT2D eigenvalue weighted by atomic mass is 32.2. The molecule has 10 heteroatoms. The van der Waals surface area contributed by atoms with E-state index >= 15 is 0 Å². The lowest BCUT2D eigenvalue weighted by molar-refractivity contribution is -0.120. The van der Waals surface area contributed by atoms with Crippen LogP contribution >= 0.6 is 0 Å². The van der Waals surface area contributed by atoms with Gasteiger partial charge in [0.05, 0.1) is 17.7 Å². The fourth-order valence-electron chi connectivity index (χ4n) is 4.33. The van der Waals surface area contributed by atoms with Crippen molar-refractivity contribution in [2.45, 2.75) is 32.3 Å². The number of benzene rings is 2. The molecule has 4 rings (SSSR count). The number of allylic oxidation sites excluding steroid dienone is 1. The highest BCUT2D eigenvalue weighted by molar-refractivity contribution is 7.93. The topological polar surface area (TPSA) is 84.9 Å². The van der Waals surface area contributed by atoms with E-state index in [0.29, 0.717) is 41.2 Å². The molecule has 0 bridgehead atoms. The maximum absolute atomic E-state index is 13.2. The van der Waals surface area contributed by atoms with Crippen LogP contribution in [0.2, 0.25) is 0 Å². The number of hydrogen-bond acceptors (Lipinski definition) is 5. The van der Waals surface area contributed by atoms with Crippen molar-refractivity contribution >= 4 is 27.7 Å². The number of hydrogen-bond donors (Lipinski definition) is 1. The van der Waals surface area contributed by atoms with Gasteiger partial charge < -0.3 is 14.8 Å². The molecule has 1 amide bonds. The first kappa shape index (κ1) is 24.2. The molecular formula is C24H26F2N2O5S. The second kappa shape index (κ2) is 10.1. The van der Waals surface area contributed by atoms with Crippen molar-refractivity contribution < 1.29 is 31.5 Å². The smallest absolute Gasteiger partial charge is 0.387 e. The summed E-state index contributed by atoms with van der Waals surface area (Å²) in [5.74, 6) is 0.162. The first-order valence-corrected chi connectivity index (χ1v) is 12.4. The van der Waals surface area contributed by atoms with Gasteiger partial charge in [-0.3, -0.25) is 4.79 Å². The Bertz CT molecular complexity index is 1190. The summed E-state index contributed by atoms with van der Waals surface area (Å²) < 4.78 is 62.5. The highest BCUT2D eigenvalue weighted by Gasteiger charge is 2.34. The Morgan fingerprint density at radius 3 is 2.56 bits per heavy atom. The Balaban J connectivity index is 1.40. The van der Waals surface area contributed by atoms with Gasteiger partial charge >= 0.3 is 6.61 Å². The van der Waals surface area contributed by atoms with Crippen LogP contribution in [0.3, 0.4) is 0 Å². The molecule has 0 saturated carbocycles. The summed E-state index contributed by atoms with van der Waals surface area (Å²) in [7, 11) is -2.15. The highest BCUT2D eigenvalue weighted by Crippen LogP contribution is 2.33. The van der Waals surface area contributed by atoms with Crippen molar-refractivity contribution in [1.29, 1.82) is 0 Å². The molecule has 0 atom stereocenters. The van der Waals surface area contributed by atoms with Gasteiger partial charge in [0.25, 0.3) is 0 Å². The number of halogens is 2. The number of carbonyl (C=O) groups is 1. The summed E-state index contributed by atoms with van der Waals surface area (Å²) in [5.41, 5.74) is 2.03. The van der Waals surface area contributed by atoms with Crippen LogP contribution in [-0.4, -0.2) is 45.4 Å². The van der Waals surface area contributed by atoms with Crippen LogP contribution in [0, 0.1) is 5.92 Å². The normalized spacial score (nSPS) is 17.1. The molecule has 1 heterocycles. The van der Waals surface area contributed by atoms with Gasteiger partial charge in [0.2, 0.25) is 15.9 Å². The number of nitrogens with zero attached hydrogens (tertiary/aromatic N) is 1. The quantitative estimate of drug-likeness (QED) is 0.624. The van der Waals surface area contributed by atoms with E-state index in [-0.39, 0.29) is 37.1 Å². The van der Waals surface area contributed by atoms with Gasteiger partial charge in [-0.1, -0.05) is 18.2 Å². The van der Waals surface area contributed by atoms with Gasteiger partial charge in [-0.05, 0) is 67.2 Å². The Morgan fingerprint density at radius 1 is 1.12 bits per heavy atom. The van der Waals surface area contributed by atoms with Gasteiger partial charge in [0.1, 0.15) is 11.5 Å². The van der Waals surface area contributed by atoms with Gasteiger partial charge in [-0.2, -0.15) is 13.1 Å². The SMILES string of the molecule is COc1ccccc1NC(=O)C1CCN(S(=O)(=O)C2=Cc3ccc(OC(F)F)cc3CC2)CC1. The fourth-order valence-corrected chi connectivity index (χ4v) is 5.99. The Labute approximate surface area is 197 Å². The van der Waals surface area contributed by atoms with Gasteiger partial charge in [-0.15, -0.1) is 0 Å². The summed E-state index contributed by atoms with van der Waals surface area (Å²) in [4.78, 5) is 13.0. The van der Waals surface area contributed by atoms with Crippen LogP contribution in [-0.2, 0) is 21.2 Å². The lowest BCUT2D eigenvalue weighted by atomic mass is 9.97. The third-order valence-corrected chi connectivity index (χ3v) is 8.19. The molecule has 1 aliphatic carbocycles. The molecule has 0 unspecified atom stereocenters. The second-order valence-electron chi connectivity index (χ2n) is 8.22. The third-order valence-electron chi connectivity index (χ3n) is 6.16. The number of ether oxygens (including phenoxy) is 2. The maximum Gasteiger partial charge on any atom is 0.387 e. The number of sulfonamides is 1. The number of aryl methyl sites for hydroxylation is 1. The molecule has 2 aromatic carbocycles. The minimum absolute atomic E-state index is 0.0573. The molecule has 34 heavy (non-hydrogen) atoms. The number of alkyl halides is 2. The van der Waals surface area contributed by atoms with Crippen LogP contribution in [0.5, 0.6) is 11.5 Å². The monoisotopic (exact) mass is 492 g/mol. The van der Waals surface area contributed by atoms with E-state index in [2.05, 4.69) is 10.1 Å². The number of fused-ring (bicyclic) bond motifs is 1. The Hall–Kier alpha value is -2.98. The van der Waals surface area contributed by atoms with Crippen LogP contribution in [0.4, 0.5) is 14.5 Å². The van der Waals surface area contributed by atoms with E-state index in [1.165, 1.54) is 23.5 Å². The molecule has 2 aromatic rings. The van der Waals surface area contributed by atoms with Crippen molar-refractivity contribution in [2.75, 3.05) is 25.5 Å². The second-order valence-corrected chi connectivity index (χ2v) is 10.2. The van der Waals surface area contributed by atoms with Crippen LogP contribution in [0.25, 0.3) is 6.08 Å². The first-order valence-electron chi connectivity index (χ1n) is 11.0. The van der Waals surface area contributed by atoms with E-state index < -0.39 is 16.6 Å². The van der Waals surface area contributed by atoms with Crippen molar-refractivity contribution in [1.82, 2.24) is 4.31 Å². The largest absolute Gasteiger partial charge is 0.495 e. The lowest BCUT2D eigenvalue weighted by Gasteiger charge is -2.32. The Kier molecular flexibility index (Phi) is 7.18. The van der Waals surface area contributed by atoms with Crippen LogP contribution < -0.4 is 14.8 Å². The minimum atomic E-state index is -3.68. The third kappa shape index (κ3) is 5.23. The summed E-state index contributed by atoms with van der Waals surface area (Å²) >= 11 is 0. The number of para-hydroxylation sites is 2. The lowest BCUT2D eigenvalue weighted by Crippen LogP contribution is -2.42. The molecule has 1 fully saturated rings. The number of rotatable bonds is 7. The van der Waals surface area contributed by atoms with E-state index in [9.17, 15) is 22.0 Å². The summed E-state index contributed by atoms with van der Waals surface area (Å²) in [5, 5.41) is 2.87. The number of carbonyl (C=O) groups excluding carboxylic acids is 1. The van der Waals surface area contributed by atoms with E-state index in [4.69, 9.17) is 4.74 Å². The molecular weight excluding hydrogens is 466 g/mol. The Morgan fingerprint density at radius 2 is 1.85 bits per heavy atom. The predicted octanol–water partition coefficient (Wildman–Crippen LogP) is 4.26. The number of nitrogens with one attached hydrogen (secondary N) is 1. The van der Waals surface area contributed by atoms with E-state index in [0.717, 1.165) is 5.56 Å². The fraction of sp³-hybridized carbons (Fsp3) is 0.375. The molecule has 1 aliphatic heterocycles. The average Bonchev–Trinajstić information content (AvgIpc) is 2.83. The van der Waals surface area contributed by atoms with Gasteiger partial charge in [-0.25, -0.2) is 8.42 Å².